The van der Waals surface area contributed by atoms with Gasteiger partial charge in [-0.2, -0.15) is 29.8 Å². The SMILES string of the molecule is Clc1nc(NCCc2ncn[nH]2)nc(-n2cncn2)n1. The Hall–Kier alpha value is -2.62. The minimum absolute atomic E-state index is 0.0765. The molecule has 0 bridgehead atoms. The van der Waals surface area contributed by atoms with Gasteiger partial charge in [-0.05, 0) is 11.6 Å². The fourth-order valence-corrected chi connectivity index (χ4v) is 1.63. The third kappa shape index (κ3) is 2.85. The summed E-state index contributed by atoms with van der Waals surface area (Å²) in [6.07, 6.45) is 4.97. The van der Waals surface area contributed by atoms with Gasteiger partial charge in [0.05, 0.1) is 0 Å². The summed E-state index contributed by atoms with van der Waals surface area (Å²) < 4.78 is 1.40. The van der Waals surface area contributed by atoms with E-state index in [2.05, 4.69) is 45.5 Å². The van der Waals surface area contributed by atoms with Gasteiger partial charge in [0.2, 0.25) is 11.2 Å². The Labute approximate surface area is 117 Å². The number of hydrogen-bond acceptors (Lipinski definition) is 8. The fraction of sp³-hybridized carbons (Fsp3) is 0.222. The van der Waals surface area contributed by atoms with E-state index in [1.54, 1.807) is 0 Å². The van der Waals surface area contributed by atoms with E-state index in [0.29, 0.717) is 24.9 Å². The third-order valence-corrected chi connectivity index (χ3v) is 2.50. The van der Waals surface area contributed by atoms with Crippen molar-refractivity contribution < 1.29 is 0 Å². The van der Waals surface area contributed by atoms with Crippen LogP contribution in [-0.4, -0.2) is 51.4 Å². The van der Waals surface area contributed by atoms with Gasteiger partial charge in [-0.3, -0.25) is 5.10 Å². The molecule has 0 aliphatic heterocycles. The number of rotatable bonds is 5. The summed E-state index contributed by atoms with van der Waals surface area (Å²) in [5.74, 6) is 1.42. The second kappa shape index (κ2) is 5.57. The maximum Gasteiger partial charge on any atom is 0.258 e. The van der Waals surface area contributed by atoms with Crippen molar-refractivity contribution in [3.8, 4) is 5.95 Å². The largest absolute Gasteiger partial charge is 0.354 e. The minimum Gasteiger partial charge on any atom is -0.354 e. The Kier molecular flexibility index (Phi) is 3.46. The molecule has 3 rings (SSSR count). The zero-order valence-corrected chi connectivity index (χ0v) is 10.9. The second-order valence-corrected chi connectivity index (χ2v) is 4.02. The molecule has 0 unspecified atom stereocenters. The van der Waals surface area contributed by atoms with Gasteiger partial charge < -0.3 is 5.32 Å². The van der Waals surface area contributed by atoms with Gasteiger partial charge in [0.25, 0.3) is 5.95 Å². The number of aromatic amines is 1. The maximum absolute atomic E-state index is 5.85. The van der Waals surface area contributed by atoms with Crippen LogP contribution < -0.4 is 5.32 Å². The van der Waals surface area contributed by atoms with Crippen LogP contribution in [-0.2, 0) is 6.42 Å². The summed E-state index contributed by atoms with van der Waals surface area (Å²) in [4.78, 5) is 20.0. The number of nitrogens with one attached hydrogen (secondary N) is 2. The summed E-state index contributed by atoms with van der Waals surface area (Å²) in [6.45, 7) is 0.576. The van der Waals surface area contributed by atoms with Gasteiger partial charge in [-0.15, -0.1) is 0 Å². The molecule has 3 aromatic heterocycles. The molecule has 0 aromatic carbocycles. The zero-order valence-electron chi connectivity index (χ0n) is 10.1. The number of nitrogens with zero attached hydrogens (tertiary/aromatic N) is 8. The molecule has 0 amide bonds. The monoisotopic (exact) mass is 292 g/mol. The van der Waals surface area contributed by atoms with Crippen LogP contribution in [0.5, 0.6) is 0 Å². The average Bonchev–Trinajstić information content (AvgIpc) is 3.11. The Morgan fingerprint density at radius 2 is 2.20 bits per heavy atom. The van der Waals surface area contributed by atoms with Crippen molar-refractivity contribution in [2.45, 2.75) is 6.42 Å². The molecule has 10 nitrogen and oxygen atoms in total. The van der Waals surface area contributed by atoms with Gasteiger partial charge in [-0.25, -0.2) is 9.97 Å². The molecule has 0 atom stereocenters. The van der Waals surface area contributed by atoms with Gasteiger partial charge in [0, 0.05) is 13.0 Å². The van der Waals surface area contributed by atoms with Crippen molar-refractivity contribution in [2.24, 2.45) is 0 Å². The van der Waals surface area contributed by atoms with Crippen LogP contribution in [0.25, 0.3) is 5.95 Å². The molecule has 0 spiro atoms. The molecule has 102 valence electrons. The summed E-state index contributed by atoms with van der Waals surface area (Å²) >= 11 is 5.85. The Morgan fingerprint density at radius 3 is 2.95 bits per heavy atom. The first-order valence-corrected chi connectivity index (χ1v) is 6.04. The highest BCUT2D eigenvalue weighted by atomic mass is 35.5. The summed E-state index contributed by atoms with van der Waals surface area (Å²) in [5, 5.41) is 13.6. The second-order valence-electron chi connectivity index (χ2n) is 3.68. The number of halogens is 1. The van der Waals surface area contributed by atoms with Crippen molar-refractivity contribution in [3.63, 3.8) is 0 Å². The number of aromatic nitrogens is 9. The van der Waals surface area contributed by atoms with Crippen LogP contribution in [0.1, 0.15) is 5.82 Å². The fourth-order valence-electron chi connectivity index (χ4n) is 1.48. The molecule has 0 aliphatic carbocycles. The van der Waals surface area contributed by atoms with Crippen molar-refractivity contribution >= 4 is 17.5 Å². The number of H-pyrrole nitrogens is 1. The number of hydrogen-bond donors (Lipinski definition) is 2. The standard InChI is InChI=1S/C9H9ClN10/c10-7-16-8(12-2-1-6-13-4-14-19-6)18-9(17-7)20-5-11-3-15-20/h3-5H,1-2H2,(H,13,14,19)(H,12,16,17,18). The molecular formula is C9H9ClN10. The molecule has 0 saturated carbocycles. The van der Waals surface area contributed by atoms with Crippen LogP contribution in [0.4, 0.5) is 5.95 Å². The Bertz CT molecular complexity index is 664. The maximum atomic E-state index is 5.85. The van der Waals surface area contributed by atoms with Gasteiger partial charge in [0.15, 0.2) is 0 Å². The normalized spacial score (nSPS) is 10.7. The topological polar surface area (TPSA) is 123 Å². The van der Waals surface area contributed by atoms with Crippen LogP contribution in [0, 0.1) is 0 Å². The van der Waals surface area contributed by atoms with E-state index in [9.17, 15) is 0 Å². The van der Waals surface area contributed by atoms with Crippen molar-refractivity contribution in [2.75, 3.05) is 11.9 Å². The lowest BCUT2D eigenvalue weighted by Crippen LogP contribution is -2.12. The van der Waals surface area contributed by atoms with Crippen LogP contribution >= 0.6 is 11.6 Å². The highest BCUT2D eigenvalue weighted by Gasteiger charge is 2.07. The van der Waals surface area contributed by atoms with Crippen molar-refractivity contribution in [1.82, 2.24) is 44.9 Å². The molecule has 0 saturated heterocycles. The smallest absolute Gasteiger partial charge is 0.258 e. The minimum atomic E-state index is 0.0765. The molecule has 0 aliphatic rings. The molecule has 20 heavy (non-hydrogen) atoms. The highest BCUT2D eigenvalue weighted by molar-refractivity contribution is 6.28. The van der Waals surface area contributed by atoms with E-state index in [1.165, 1.54) is 23.7 Å². The van der Waals surface area contributed by atoms with E-state index in [0.717, 1.165) is 5.82 Å². The lowest BCUT2D eigenvalue weighted by atomic mass is 10.4. The highest BCUT2D eigenvalue weighted by Crippen LogP contribution is 2.08. The molecular weight excluding hydrogens is 284 g/mol. The van der Waals surface area contributed by atoms with E-state index < -0.39 is 0 Å². The summed E-state index contributed by atoms with van der Waals surface area (Å²) in [5.41, 5.74) is 0. The van der Waals surface area contributed by atoms with Gasteiger partial charge in [-0.1, -0.05) is 0 Å². The number of anilines is 1. The van der Waals surface area contributed by atoms with Crippen LogP contribution in [0.3, 0.4) is 0 Å². The zero-order chi connectivity index (χ0) is 13.8. The molecule has 3 heterocycles. The van der Waals surface area contributed by atoms with Crippen LogP contribution in [0.15, 0.2) is 19.0 Å². The van der Waals surface area contributed by atoms with Crippen LogP contribution in [0.2, 0.25) is 5.28 Å². The molecule has 3 aromatic rings. The Balaban J connectivity index is 1.70. The van der Waals surface area contributed by atoms with E-state index in [1.807, 2.05) is 0 Å². The van der Waals surface area contributed by atoms with Crippen molar-refractivity contribution in [1.29, 1.82) is 0 Å². The molecule has 11 heteroatoms. The van der Waals surface area contributed by atoms with Crippen molar-refractivity contribution in [3.05, 3.63) is 30.1 Å². The van der Waals surface area contributed by atoms with Gasteiger partial charge >= 0.3 is 0 Å². The first-order chi connectivity index (χ1) is 9.81. The molecule has 0 fully saturated rings. The Morgan fingerprint density at radius 1 is 1.25 bits per heavy atom. The molecule has 0 radical (unpaired) electrons. The lowest BCUT2D eigenvalue weighted by molar-refractivity contribution is 0.791. The summed E-state index contributed by atoms with van der Waals surface area (Å²) in [7, 11) is 0. The van der Waals surface area contributed by atoms with E-state index >= 15 is 0 Å². The lowest BCUT2D eigenvalue weighted by Gasteiger charge is -2.05. The third-order valence-electron chi connectivity index (χ3n) is 2.33. The predicted molar refractivity (Wildman–Crippen MR) is 68.3 cm³/mol. The van der Waals surface area contributed by atoms with E-state index in [-0.39, 0.29) is 5.28 Å². The first kappa shape index (κ1) is 12.4. The first-order valence-electron chi connectivity index (χ1n) is 5.66. The summed E-state index contributed by atoms with van der Waals surface area (Å²) in [6, 6.07) is 0. The average molecular weight is 293 g/mol. The predicted octanol–water partition coefficient (Wildman–Crippen LogP) is -0.122. The quantitative estimate of drug-likeness (QED) is 0.667. The molecule has 2 N–H and O–H groups in total. The van der Waals surface area contributed by atoms with Gasteiger partial charge in [0.1, 0.15) is 24.8 Å². The van der Waals surface area contributed by atoms with E-state index in [4.69, 9.17) is 11.6 Å².